The van der Waals surface area contributed by atoms with E-state index in [0.29, 0.717) is 4.90 Å². The molecule has 7 heteroatoms. The van der Waals surface area contributed by atoms with Crippen LogP contribution in [0, 0.1) is 18.6 Å². The maximum absolute atomic E-state index is 12.3. The van der Waals surface area contributed by atoms with E-state index in [-0.39, 0.29) is 0 Å². The minimum atomic E-state index is -0.865. The van der Waals surface area contributed by atoms with Gasteiger partial charge in [-0.2, -0.15) is 8.75 Å². The Bertz CT molecular complexity index is 565. The normalized spacial score (nSPS) is 9.20. The SMILES string of the molecule is Cc1cccccnsn1.NSc1ccc(F)c(F)c1. The van der Waals surface area contributed by atoms with Crippen molar-refractivity contribution in [3.8, 4) is 0 Å². The van der Waals surface area contributed by atoms with Gasteiger partial charge in [-0.25, -0.2) is 8.78 Å². The van der Waals surface area contributed by atoms with Crippen LogP contribution in [0.25, 0.3) is 0 Å². The Labute approximate surface area is 124 Å². The van der Waals surface area contributed by atoms with Gasteiger partial charge in [0.2, 0.25) is 0 Å². The molecule has 0 aliphatic carbocycles. The third-order valence-electron chi connectivity index (χ3n) is 1.97. The van der Waals surface area contributed by atoms with Gasteiger partial charge in [0.25, 0.3) is 0 Å². The van der Waals surface area contributed by atoms with E-state index in [2.05, 4.69) is 8.75 Å². The average molecular weight is 313 g/mol. The van der Waals surface area contributed by atoms with Gasteiger partial charge < -0.3 is 0 Å². The number of rotatable bonds is 1. The van der Waals surface area contributed by atoms with Crippen molar-refractivity contribution in [1.82, 2.24) is 8.75 Å². The number of aryl methyl sites for hydroxylation is 1. The van der Waals surface area contributed by atoms with Crippen molar-refractivity contribution in [2.24, 2.45) is 5.14 Å². The fourth-order valence-corrected chi connectivity index (χ4v) is 1.72. The molecule has 2 rings (SSSR count). The lowest BCUT2D eigenvalue weighted by Crippen LogP contribution is -1.85. The smallest absolute Gasteiger partial charge is 0.159 e. The Kier molecular flexibility index (Phi) is 7.71. The summed E-state index contributed by atoms with van der Waals surface area (Å²) in [4.78, 5) is 0.513. The zero-order valence-electron chi connectivity index (χ0n) is 10.7. The number of hydrogen-bond donors (Lipinski definition) is 1. The summed E-state index contributed by atoms with van der Waals surface area (Å²) in [5, 5.41) is 5.10. The molecule has 0 bridgehead atoms. The summed E-state index contributed by atoms with van der Waals surface area (Å²) in [7, 11) is 0. The molecule has 3 nitrogen and oxygen atoms in total. The minimum Gasteiger partial charge on any atom is -0.274 e. The van der Waals surface area contributed by atoms with Gasteiger partial charge in [-0.1, -0.05) is 12.1 Å². The molecule has 1 aromatic heterocycles. The molecular formula is C13H13F2N3S2. The standard InChI is InChI=1S/C7H8N2S.C6H5F2NS/c1-7-5-3-2-4-6-8-10-9-7;7-5-2-1-4(10-9)3-6(5)8/h2-6H,1H3;1-3H,9H2. The molecule has 0 saturated heterocycles. The van der Waals surface area contributed by atoms with E-state index in [9.17, 15) is 8.78 Å². The first-order valence-electron chi connectivity index (χ1n) is 5.52. The zero-order chi connectivity index (χ0) is 14.8. The van der Waals surface area contributed by atoms with Crippen molar-refractivity contribution in [3.05, 3.63) is 66.0 Å². The van der Waals surface area contributed by atoms with Crippen LogP contribution in [0.5, 0.6) is 0 Å². The van der Waals surface area contributed by atoms with E-state index in [1.807, 2.05) is 31.2 Å². The molecule has 0 amide bonds. The van der Waals surface area contributed by atoms with E-state index in [1.165, 1.54) is 17.8 Å². The molecule has 0 aliphatic heterocycles. The minimum absolute atomic E-state index is 0.513. The average Bonchev–Trinajstić information content (AvgIpc) is 2.56. The second-order valence-electron chi connectivity index (χ2n) is 3.51. The summed E-state index contributed by atoms with van der Waals surface area (Å²) in [6.07, 6.45) is 1.72. The first kappa shape index (κ1) is 16.5. The van der Waals surface area contributed by atoms with E-state index >= 15 is 0 Å². The quantitative estimate of drug-likeness (QED) is 0.811. The molecule has 0 aliphatic rings. The molecule has 0 atom stereocenters. The molecule has 106 valence electrons. The van der Waals surface area contributed by atoms with E-state index < -0.39 is 11.6 Å². The lowest BCUT2D eigenvalue weighted by atomic mass is 10.3. The van der Waals surface area contributed by atoms with Gasteiger partial charge in [-0.05, 0) is 49.2 Å². The van der Waals surface area contributed by atoms with E-state index in [0.717, 1.165) is 29.8 Å². The van der Waals surface area contributed by atoms with Crippen molar-refractivity contribution in [3.63, 3.8) is 0 Å². The Morgan fingerprint density at radius 2 is 1.90 bits per heavy atom. The number of benzene rings is 1. The molecule has 0 saturated carbocycles. The molecule has 2 aromatic rings. The molecule has 0 radical (unpaired) electrons. The molecular weight excluding hydrogens is 300 g/mol. The van der Waals surface area contributed by atoms with E-state index in [4.69, 9.17) is 5.14 Å². The van der Waals surface area contributed by atoms with Crippen molar-refractivity contribution >= 4 is 23.7 Å². The first-order chi connectivity index (χ1) is 9.63. The van der Waals surface area contributed by atoms with Crippen LogP contribution in [0.15, 0.2) is 53.6 Å². The van der Waals surface area contributed by atoms with Crippen LogP contribution in [-0.2, 0) is 0 Å². The number of nitrogens with zero attached hydrogens (tertiary/aromatic N) is 2. The fourth-order valence-electron chi connectivity index (χ4n) is 1.04. The second kappa shape index (κ2) is 9.35. The van der Waals surface area contributed by atoms with Crippen LogP contribution in [0.3, 0.4) is 0 Å². The van der Waals surface area contributed by atoms with Crippen LogP contribution in [-0.4, -0.2) is 8.75 Å². The van der Waals surface area contributed by atoms with Crippen molar-refractivity contribution in [1.29, 1.82) is 0 Å². The summed E-state index contributed by atoms with van der Waals surface area (Å²) < 4.78 is 32.5. The largest absolute Gasteiger partial charge is 0.274 e. The summed E-state index contributed by atoms with van der Waals surface area (Å²) in [6, 6.07) is 11.2. The highest BCUT2D eigenvalue weighted by Crippen LogP contribution is 2.14. The molecule has 20 heavy (non-hydrogen) atoms. The first-order valence-corrected chi connectivity index (χ1v) is 7.13. The van der Waals surface area contributed by atoms with Crippen molar-refractivity contribution < 1.29 is 8.78 Å². The summed E-state index contributed by atoms with van der Waals surface area (Å²) in [5.41, 5.74) is 0.980. The van der Waals surface area contributed by atoms with Crippen LogP contribution in [0.4, 0.5) is 8.78 Å². The van der Waals surface area contributed by atoms with Gasteiger partial charge in [0.15, 0.2) is 11.6 Å². The van der Waals surface area contributed by atoms with Gasteiger partial charge in [-0.3, -0.25) is 5.14 Å². The lowest BCUT2D eigenvalue weighted by molar-refractivity contribution is 0.506. The van der Waals surface area contributed by atoms with Gasteiger partial charge in [-0.15, -0.1) is 0 Å². The van der Waals surface area contributed by atoms with Gasteiger partial charge >= 0.3 is 0 Å². The highest BCUT2D eigenvalue weighted by Gasteiger charge is 2.00. The lowest BCUT2D eigenvalue weighted by Gasteiger charge is -1.94. The molecule has 0 fully saturated rings. The van der Waals surface area contributed by atoms with Crippen LogP contribution in [0.2, 0.25) is 0 Å². The summed E-state index contributed by atoms with van der Waals surface area (Å²) in [6.45, 7) is 1.94. The van der Waals surface area contributed by atoms with Crippen LogP contribution in [0.1, 0.15) is 5.69 Å². The number of hydrogen-bond acceptors (Lipinski definition) is 5. The molecule has 1 heterocycles. The van der Waals surface area contributed by atoms with E-state index in [1.54, 1.807) is 6.20 Å². The summed E-state index contributed by atoms with van der Waals surface area (Å²) >= 11 is 2.09. The van der Waals surface area contributed by atoms with Gasteiger partial charge in [0, 0.05) is 11.1 Å². The maximum Gasteiger partial charge on any atom is 0.159 e. The Morgan fingerprint density at radius 1 is 1.10 bits per heavy atom. The molecule has 2 N–H and O–H groups in total. The maximum atomic E-state index is 12.3. The number of halogens is 2. The Morgan fingerprint density at radius 3 is 2.60 bits per heavy atom. The van der Waals surface area contributed by atoms with Gasteiger partial charge in [0.1, 0.15) is 0 Å². The van der Waals surface area contributed by atoms with Crippen LogP contribution < -0.4 is 5.14 Å². The number of aromatic nitrogens is 2. The molecule has 0 unspecified atom stereocenters. The molecule has 0 spiro atoms. The fraction of sp³-hybridized carbons (Fsp3) is 0.0769. The van der Waals surface area contributed by atoms with Crippen LogP contribution >= 0.6 is 23.7 Å². The van der Waals surface area contributed by atoms with Gasteiger partial charge in [0.05, 0.1) is 17.4 Å². The third kappa shape index (κ3) is 6.55. The Hall–Kier alpha value is -1.57. The predicted octanol–water partition coefficient (Wildman–Crippen LogP) is 3.90. The predicted molar refractivity (Wildman–Crippen MR) is 78.7 cm³/mol. The second-order valence-corrected chi connectivity index (χ2v) is 4.77. The summed E-state index contributed by atoms with van der Waals surface area (Å²) in [5.74, 6) is -1.71. The topological polar surface area (TPSA) is 51.8 Å². The highest BCUT2D eigenvalue weighted by molar-refractivity contribution is 7.97. The zero-order valence-corrected chi connectivity index (χ0v) is 12.3. The third-order valence-corrected chi connectivity index (χ3v) is 3.08. The number of nitrogens with two attached hydrogens (primary N) is 1. The Balaban J connectivity index is 0.000000200. The highest BCUT2D eigenvalue weighted by atomic mass is 32.2. The molecule has 1 aromatic carbocycles. The van der Waals surface area contributed by atoms with Crippen molar-refractivity contribution in [2.75, 3.05) is 0 Å². The van der Waals surface area contributed by atoms with Crippen molar-refractivity contribution in [2.45, 2.75) is 11.8 Å². The monoisotopic (exact) mass is 313 g/mol.